The molecule has 2 heteroatoms. The molecule has 2 nitrogen and oxygen atoms in total. The molecule has 1 aromatic heterocycles. The second-order valence-electron chi connectivity index (χ2n) is 14.2. The number of hydrogen-bond donors (Lipinski definition) is 0. The van der Waals surface area contributed by atoms with Crippen LogP contribution in [0.2, 0.25) is 0 Å². The third kappa shape index (κ3) is 5.42. The summed E-state index contributed by atoms with van der Waals surface area (Å²) in [5, 5.41) is 8.70. The van der Waals surface area contributed by atoms with Crippen LogP contribution >= 0.6 is 0 Å². The lowest BCUT2D eigenvalue weighted by molar-refractivity contribution is 0.669. The van der Waals surface area contributed by atoms with Crippen LogP contribution in [0.3, 0.4) is 0 Å². The highest BCUT2D eigenvalue weighted by Gasteiger charge is 2.16. The zero-order chi connectivity index (χ0) is 40.5. The zero-order valence-corrected chi connectivity index (χ0v) is 30.3. The standard InChI is InChI=1S/C54H35NO/c1-3-12-46-37(9-1)11-7-15-48(46)39-23-30-44(31-24-39)55(45-32-25-40(26-33-45)50-16-8-18-53-54(50)51-14-5-6-17-52(51)56-53)43-28-21-36(22-29-43)41-27-34-49-42(35-41)20-19-38-10-2-4-13-47(38)49/h1-35H/i21D,22D,28D,29D. The van der Waals surface area contributed by atoms with Gasteiger partial charge in [0.15, 0.2) is 0 Å². The largest absolute Gasteiger partial charge is 0.456 e. The highest BCUT2D eigenvalue weighted by Crippen LogP contribution is 2.41. The summed E-state index contributed by atoms with van der Waals surface area (Å²) < 4.78 is 44.2. The third-order valence-electron chi connectivity index (χ3n) is 10.9. The van der Waals surface area contributed by atoms with Crippen LogP contribution in [-0.2, 0) is 0 Å². The molecule has 0 saturated heterocycles. The van der Waals surface area contributed by atoms with Crippen molar-refractivity contribution in [3.8, 4) is 33.4 Å². The molecule has 0 fully saturated rings. The molecule has 262 valence electrons. The summed E-state index contributed by atoms with van der Waals surface area (Å²) >= 11 is 0. The lowest BCUT2D eigenvalue weighted by Crippen LogP contribution is -2.09. The normalized spacial score (nSPS) is 12.6. The number of furan rings is 1. The van der Waals surface area contributed by atoms with E-state index < -0.39 is 0 Å². The first-order valence-corrected chi connectivity index (χ1v) is 18.8. The molecule has 0 bridgehead atoms. The van der Waals surface area contributed by atoms with Gasteiger partial charge in [0.25, 0.3) is 0 Å². The molecular formula is C54H35NO. The minimum Gasteiger partial charge on any atom is -0.456 e. The molecule has 10 aromatic carbocycles. The smallest absolute Gasteiger partial charge is 0.136 e. The van der Waals surface area contributed by atoms with Crippen LogP contribution in [0.1, 0.15) is 5.48 Å². The summed E-state index contributed by atoms with van der Waals surface area (Å²) in [6, 6.07) is 62.8. The van der Waals surface area contributed by atoms with Gasteiger partial charge in [-0.1, -0.05) is 158 Å². The molecule has 11 aromatic rings. The molecule has 0 radical (unpaired) electrons. The van der Waals surface area contributed by atoms with Gasteiger partial charge in [-0.3, -0.25) is 0 Å². The summed E-state index contributed by atoms with van der Waals surface area (Å²) in [5.74, 6) is 0. The van der Waals surface area contributed by atoms with Gasteiger partial charge in [0.1, 0.15) is 11.2 Å². The van der Waals surface area contributed by atoms with E-state index in [-0.39, 0.29) is 35.4 Å². The van der Waals surface area contributed by atoms with E-state index in [2.05, 4.69) is 78.9 Å². The van der Waals surface area contributed by atoms with Gasteiger partial charge in [0.2, 0.25) is 0 Å². The van der Waals surface area contributed by atoms with E-state index in [0.717, 1.165) is 76.5 Å². The van der Waals surface area contributed by atoms with Gasteiger partial charge in [-0.15, -0.1) is 0 Å². The predicted octanol–water partition coefficient (Wildman–Crippen LogP) is 15.5. The number of fused-ring (bicyclic) bond motifs is 7. The van der Waals surface area contributed by atoms with Crippen LogP contribution in [0.4, 0.5) is 17.1 Å². The first kappa shape index (κ1) is 28.1. The van der Waals surface area contributed by atoms with Gasteiger partial charge in [-0.05, 0) is 120 Å². The van der Waals surface area contributed by atoms with E-state index >= 15 is 0 Å². The van der Waals surface area contributed by atoms with E-state index in [0.29, 0.717) is 16.9 Å². The molecule has 0 aliphatic carbocycles. The van der Waals surface area contributed by atoms with E-state index in [1.54, 1.807) is 0 Å². The Morgan fingerprint density at radius 3 is 1.64 bits per heavy atom. The molecule has 0 aliphatic heterocycles. The molecule has 1 heterocycles. The lowest BCUT2D eigenvalue weighted by atomic mass is 9.97. The fraction of sp³-hybridized carbons (Fsp3) is 0. The molecule has 0 saturated carbocycles. The number of hydrogen-bond acceptors (Lipinski definition) is 2. The Kier molecular flexibility index (Phi) is 6.60. The first-order valence-electron chi connectivity index (χ1n) is 20.8. The molecule has 11 rings (SSSR count). The van der Waals surface area contributed by atoms with E-state index in [4.69, 9.17) is 4.42 Å². The second kappa shape index (κ2) is 13.2. The first-order chi connectivity index (χ1) is 29.4. The molecule has 0 unspecified atom stereocenters. The Hall–Kier alpha value is -7.42. The van der Waals surface area contributed by atoms with Crippen LogP contribution in [-0.4, -0.2) is 0 Å². The maximum absolute atomic E-state index is 9.57. The number of benzene rings is 10. The molecule has 0 atom stereocenters. The van der Waals surface area contributed by atoms with Crippen molar-refractivity contribution in [1.82, 2.24) is 0 Å². The van der Waals surface area contributed by atoms with E-state index in [9.17, 15) is 5.48 Å². The Labute approximate surface area is 330 Å². The fourth-order valence-electron chi connectivity index (χ4n) is 8.21. The maximum Gasteiger partial charge on any atom is 0.136 e. The summed E-state index contributed by atoms with van der Waals surface area (Å²) in [5.41, 5.74) is 8.30. The Morgan fingerprint density at radius 2 is 0.875 bits per heavy atom. The van der Waals surface area contributed by atoms with Crippen LogP contribution in [0.15, 0.2) is 217 Å². The van der Waals surface area contributed by atoms with E-state index in [1.807, 2.05) is 114 Å². The monoisotopic (exact) mass is 717 g/mol. The van der Waals surface area contributed by atoms with Crippen molar-refractivity contribution in [1.29, 1.82) is 0 Å². The minimum absolute atomic E-state index is 0.0985. The van der Waals surface area contributed by atoms with Gasteiger partial charge < -0.3 is 9.32 Å². The summed E-state index contributed by atoms with van der Waals surface area (Å²) in [4.78, 5) is 1.85. The van der Waals surface area contributed by atoms with Crippen LogP contribution in [0.5, 0.6) is 0 Å². The predicted molar refractivity (Wildman–Crippen MR) is 237 cm³/mol. The van der Waals surface area contributed by atoms with Gasteiger partial charge in [-0.2, -0.15) is 0 Å². The van der Waals surface area contributed by atoms with Crippen LogP contribution in [0, 0.1) is 0 Å². The maximum atomic E-state index is 9.57. The fourth-order valence-corrected chi connectivity index (χ4v) is 8.21. The van der Waals surface area contributed by atoms with Crippen molar-refractivity contribution in [3.63, 3.8) is 0 Å². The van der Waals surface area contributed by atoms with Crippen molar-refractivity contribution in [2.24, 2.45) is 0 Å². The molecule has 0 N–H and O–H groups in total. The highest BCUT2D eigenvalue weighted by atomic mass is 16.3. The molecule has 56 heavy (non-hydrogen) atoms. The summed E-state index contributed by atoms with van der Waals surface area (Å²) in [7, 11) is 0. The number of para-hydroxylation sites is 1. The molecule has 0 amide bonds. The average Bonchev–Trinajstić information content (AvgIpc) is 3.69. The Morgan fingerprint density at radius 1 is 0.339 bits per heavy atom. The molecule has 0 spiro atoms. The van der Waals surface area contributed by atoms with Crippen molar-refractivity contribution >= 4 is 71.3 Å². The number of rotatable bonds is 6. The van der Waals surface area contributed by atoms with Gasteiger partial charge in [0.05, 0.1) is 5.48 Å². The van der Waals surface area contributed by atoms with Gasteiger partial charge in [0, 0.05) is 27.8 Å². The van der Waals surface area contributed by atoms with Gasteiger partial charge in [-0.25, -0.2) is 0 Å². The van der Waals surface area contributed by atoms with E-state index in [1.165, 1.54) is 0 Å². The lowest BCUT2D eigenvalue weighted by Gasteiger charge is -2.26. The van der Waals surface area contributed by atoms with Crippen LogP contribution < -0.4 is 4.90 Å². The SMILES string of the molecule is [2H]c1c([2H])c(N(c2ccc(-c3cccc4ccccc34)cc2)c2ccc(-c3cccc4oc5ccccc5c34)cc2)c([2H])c([2H])c1-c1ccc2c(ccc3ccccc32)c1. The third-order valence-corrected chi connectivity index (χ3v) is 10.9. The second-order valence-corrected chi connectivity index (χ2v) is 14.2. The number of nitrogens with zero attached hydrogens (tertiary/aromatic N) is 1. The quantitative estimate of drug-likeness (QED) is 0.159. The minimum atomic E-state index is -0.124. The molecular weight excluding hydrogens is 679 g/mol. The van der Waals surface area contributed by atoms with Crippen molar-refractivity contribution in [2.75, 3.05) is 4.90 Å². The number of anilines is 3. The Bertz CT molecular complexity index is 3450. The van der Waals surface area contributed by atoms with Gasteiger partial charge >= 0.3 is 0 Å². The highest BCUT2D eigenvalue weighted by molar-refractivity contribution is 6.12. The molecule has 0 aliphatic rings. The van der Waals surface area contributed by atoms with Crippen LogP contribution in [0.25, 0.3) is 87.6 Å². The topological polar surface area (TPSA) is 16.4 Å². The average molecular weight is 718 g/mol. The van der Waals surface area contributed by atoms with Crippen molar-refractivity contribution in [2.45, 2.75) is 0 Å². The Balaban J connectivity index is 1.06. The van der Waals surface area contributed by atoms with Crippen molar-refractivity contribution in [3.05, 3.63) is 212 Å². The zero-order valence-electron chi connectivity index (χ0n) is 34.3. The summed E-state index contributed by atoms with van der Waals surface area (Å²) in [6.07, 6.45) is 0. The van der Waals surface area contributed by atoms with Crippen molar-refractivity contribution < 1.29 is 9.90 Å². The summed E-state index contributed by atoms with van der Waals surface area (Å²) in [6.45, 7) is 0.